The van der Waals surface area contributed by atoms with Gasteiger partial charge in [0, 0.05) is 6.07 Å². The summed E-state index contributed by atoms with van der Waals surface area (Å²) in [5.41, 5.74) is -0.848. The van der Waals surface area contributed by atoms with E-state index in [4.69, 9.17) is 9.47 Å². The van der Waals surface area contributed by atoms with Crippen LogP contribution in [0, 0.1) is 17.7 Å². The molecule has 0 amide bonds. The number of carbonyl (C=O) groups is 1. The van der Waals surface area contributed by atoms with Crippen molar-refractivity contribution in [2.45, 2.75) is 34.1 Å². The van der Waals surface area contributed by atoms with E-state index >= 15 is 0 Å². The predicted molar refractivity (Wildman–Crippen MR) is 140 cm³/mol. The SMILES string of the molecule is CC(C)(C#Cc1ccccc1F)OC(=O)COc1cccc([S+](c2ccccc2)c2ccccc2)c1. The molecule has 0 bridgehead atoms. The summed E-state index contributed by atoms with van der Waals surface area (Å²) in [6.07, 6.45) is 0. The van der Waals surface area contributed by atoms with Crippen molar-refractivity contribution in [1.29, 1.82) is 0 Å². The van der Waals surface area contributed by atoms with Gasteiger partial charge in [-0.3, -0.25) is 0 Å². The molecule has 3 nitrogen and oxygen atoms in total. The Morgan fingerprint density at radius 2 is 1.39 bits per heavy atom. The standard InChI is InChI=1S/C31H26FO3S/c1-31(2,21-20-24-12-9-10-19-29(24)32)35-30(33)23-34-25-13-11-18-28(22-25)36(26-14-5-3-6-15-26)27-16-7-4-8-17-27/h3-19,22H,23H2,1-2H3/q+1. The van der Waals surface area contributed by atoms with Crippen molar-refractivity contribution < 1.29 is 18.7 Å². The highest BCUT2D eigenvalue weighted by molar-refractivity contribution is 7.97. The summed E-state index contributed by atoms with van der Waals surface area (Å²) in [5.74, 6) is 5.16. The van der Waals surface area contributed by atoms with Gasteiger partial charge in [0.15, 0.2) is 26.9 Å². The van der Waals surface area contributed by atoms with Gasteiger partial charge >= 0.3 is 5.97 Å². The molecule has 0 radical (unpaired) electrons. The molecule has 0 saturated heterocycles. The Morgan fingerprint density at radius 1 is 0.806 bits per heavy atom. The molecule has 0 spiro atoms. The number of rotatable bonds is 7. The summed E-state index contributed by atoms with van der Waals surface area (Å²) in [6, 6.07) is 34.6. The van der Waals surface area contributed by atoms with Gasteiger partial charge in [0.1, 0.15) is 11.6 Å². The highest BCUT2D eigenvalue weighted by Crippen LogP contribution is 2.32. The highest BCUT2D eigenvalue weighted by atomic mass is 32.2. The molecule has 0 atom stereocenters. The minimum Gasteiger partial charge on any atom is -0.482 e. The Hall–Kier alpha value is -4.01. The van der Waals surface area contributed by atoms with E-state index in [2.05, 4.69) is 42.2 Å². The molecule has 4 rings (SSSR count). The molecule has 0 heterocycles. The number of benzene rings is 4. The van der Waals surface area contributed by atoms with Crippen LogP contribution in [0.15, 0.2) is 124 Å². The minimum atomic E-state index is -1.10. The monoisotopic (exact) mass is 497 g/mol. The lowest BCUT2D eigenvalue weighted by Crippen LogP contribution is -2.29. The number of halogens is 1. The van der Waals surface area contributed by atoms with Gasteiger partial charge in [-0.15, -0.1) is 0 Å². The van der Waals surface area contributed by atoms with E-state index in [9.17, 15) is 9.18 Å². The molecule has 0 aliphatic heterocycles. The number of hydrogen-bond acceptors (Lipinski definition) is 3. The first-order valence-corrected chi connectivity index (χ1v) is 12.7. The van der Waals surface area contributed by atoms with Crippen molar-refractivity contribution in [3.05, 3.63) is 121 Å². The quantitative estimate of drug-likeness (QED) is 0.162. The largest absolute Gasteiger partial charge is 0.482 e. The lowest BCUT2D eigenvalue weighted by atomic mass is 10.1. The van der Waals surface area contributed by atoms with Crippen molar-refractivity contribution in [1.82, 2.24) is 0 Å². The summed E-state index contributed by atoms with van der Waals surface area (Å²) >= 11 is 0. The van der Waals surface area contributed by atoms with Crippen molar-refractivity contribution in [2.75, 3.05) is 6.61 Å². The van der Waals surface area contributed by atoms with E-state index in [1.807, 2.05) is 54.6 Å². The number of carbonyl (C=O) groups excluding carboxylic acids is 1. The van der Waals surface area contributed by atoms with Gasteiger partial charge < -0.3 is 9.47 Å². The van der Waals surface area contributed by atoms with Gasteiger partial charge in [0.05, 0.1) is 16.5 Å². The molecular formula is C31H26FO3S+. The summed E-state index contributed by atoms with van der Waals surface area (Å²) in [6.45, 7) is 3.05. The maximum Gasteiger partial charge on any atom is 0.345 e. The van der Waals surface area contributed by atoms with Gasteiger partial charge in [-0.2, -0.15) is 0 Å². The molecule has 0 N–H and O–H groups in total. The first-order valence-electron chi connectivity index (χ1n) is 11.5. The fraction of sp³-hybridized carbons (Fsp3) is 0.129. The predicted octanol–water partition coefficient (Wildman–Crippen LogP) is 6.67. The van der Waals surface area contributed by atoms with Gasteiger partial charge in [0.2, 0.25) is 0 Å². The van der Waals surface area contributed by atoms with Crippen molar-refractivity contribution in [3.63, 3.8) is 0 Å². The second-order valence-corrected chi connectivity index (χ2v) is 10.4. The smallest absolute Gasteiger partial charge is 0.345 e. The number of ether oxygens (including phenoxy) is 2. The molecule has 4 aromatic rings. The van der Waals surface area contributed by atoms with Crippen LogP contribution in [0.25, 0.3) is 0 Å². The Balaban J connectivity index is 1.45. The molecule has 36 heavy (non-hydrogen) atoms. The van der Waals surface area contributed by atoms with Crippen LogP contribution in [0.3, 0.4) is 0 Å². The van der Waals surface area contributed by atoms with E-state index in [1.54, 1.807) is 32.0 Å². The molecule has 0 aliphatic rings. The van der Waals surface area contributed by atoms with E-state index in [1.165, 1.54) is 15.9 Å². The summed E-state index contributed by atoms with van der Waals surface area (Å²) < 4.78 is 25.1. The Kier molecular flexibility index (Phi) is 8.10. The number of esters is 1. The van der Waals surface area contributed by atoms with E-state index in [-0.39, 0.29) is 23.1 Å². The van der Waals surface area contributed by atoms with Crippen LogP contribution in [0.1, 0.15) is 19.4 Å². The van der Waals surface area contributed by atoms with Crippen LogP contribution in [-0.2, 0) is 20.4 Å². The molecular weight excluding hydrogens is 471 g/mol. The van der Waals surface area contributed by atoms with E-state index in [0.29, 0.717) is 5.75 Å². The summed E-state index contributed by atoms with van der Waals surface area (Å²) in [5, 5.41) is 0. The Morgan fingerprint density at radius 3 is 2.03 bits per heavy atom. The van der Waals surface area contributed by atoms with E-state index in [0.717, 1.165) is 4.90 Å². The van der Waals surface area contributed by atoms with Crippen LogP contribution >= 0.6 is 0 Å². The Labute approximate surface area is 214 Å². The van der Waals surface area contributed by atoms with Crippen molar-refractivity contribution in [2.24, 2.45) is 0 Å². The third kappa shape index (κ3) is 6.78. The normalized spacial score (nSPS) is 10.9. The van der Waals surface area contributed by atoms with Gasteiger partial charge in [0.25, 0.3) is 0 Å². The van der Waals surface area contributed by atoms with Crippen molar-refractivity contribution >= 4 is 16.9 Å². The molecule has 180 valence electrons. The minimum absolute atomic E-state index is 0.252. The van der Waals surface area contributed by atoms with Gasteiger partial charge in [-0.05, 0) is 62.4 Å². The van der Waals surface area contributed by atoms with Crippen LogP contribution in [0.2, 0.25) is 0 Å². The average molecular weight is 498 g/mol. The van der Waals surface area contributed by atoms with Gasteiger partial charge in [-0.1, -0.05) is 66.4 Å². The maximum absolute atomic E-state index is 13.8. The second-order valence-electron chi connectivity index (χ2n) is 8.41. The molecule has 0 aromatic heterocycles. The first-order chi connectivity index (χ1) is 17.4. The van der Waals surface area contributed by atoms with Crippen LogP contribution < -0.4 is 4.74 Å². The molecule has 0 aliphatic carbocycles. The van der Waals surface area contributed by atoms with Crippen LogP contribution in [0.4, 0.5) is 4.39 Å². The second kappa shape index (κ2) is 11.6. The zero-order valence-corrected chi connectivity index (χ0v) is 20.9. The maximum atomic E-state index is 13.8. The van der Waals surface area contributed by atoms with Gasteiger partial charge in [-0.25, -0.2) is 9.18 Å². The van der Waals surface area contributed by atoms with E-state index < -0.39 is 17.4 Å². The molecule has 0 saturated carbocycles. The zero-order valence-electron chi connectivity index (χ0n) is 20.1. The lowest BCUT2D eigenvalue weighted by Gasteiger charge is -2.19. The third-order valence-electron chi connectivity index (χ3n) is 5.10. The highest BCUT2D eigenvalue weighted by Gasteiger charge is 2.29. The fourth-order valence-electron chi connectivity index (χ4n) is 3.47. The third-order valence-corrected chi connectivity index (χ3v) is 7.31. The van der Waals surface area contributed by atoms with Crippen molar-refractivity contribution in [3.8, 4) is 17.6 Å². The lowest BCUT2D eigenvalue weighted by molar-refractivity contribution is -0.154. The van der Waals surface area contributed by atoms with Crippen LogP contribution in [0.5, 0.6) is 5.75 Å². The first kappa shape index (κ1) is 25.1. The Bertz CT molecular complexity index is 1340. The topological polar surface area (TPSA) is 35.5 Å². The molecule has 0 unspecified atom stereocenters. The molecule has 0 fully saturated rings. The summed E-state index contributed by atoms with van der Waals surface area (Å²) in [4.78, 5) is 15.9. The fourth-order valence-corrected chi connectivity index (χ4v) is 5.60. The zero-order chi connectivity index (χ0) is 25.4. The molecule has 5 heteroatoms. The van der Waals surface area contributed by atoms with Crippen LogP contribution in [-0.4, -0.2) is 18.2 Å². The summed E-state index contributed by atoms with van der Waals surface area (Å²) in [7, 11) is -0.323. The number of hydrogen-bond donors (Lipinski definition) is 0. The molecule has 4 aromatic carbocycles. The average Bonchev–Trinajstić information content (AvgIpc) is 2.89.